The summed E-state index contributed by atoms with van der Waals surface area (Å²) in [4.78, 5) is 95.7. The highest BCUT2D eigenvalue weighted by atomic mass is 17.0. The number of hydrogen-bond donors (Lipinski definition) is 2. The van der Waals surface area contributed by atoms with Crippen molar-refractivity contribution < 1.29 is 72.3 Å². The fourth-order valence-corrected chi connectivity index (χ4v) is 11.2. The third kappa shape index (κ3) is 16.3. The number of hydrogen-bond acceptors (Lipinski definition) is 16. The topological polar surface area (TPSA) is 214 Å². The third-order valence-corrected chi connectivity index (χ3v) is 15.9. The van der Waals surface area contributed by atoms with Gasteiger partial charge in [0.25, 0.3) is 11.7 Å². The second kappa shape index (κ2) is 28.3. The molecular weight excluding hydrogens is 917 g/mol. The highest BCUT2D eigenvalue weighted by molar-refractivity contribution is 6.39. The first kappa shape index (κ1) is 60.1. The van der Waals surface area contributed by atoms with E-state index in [4.69, 9.17) is 33.4 Å². The van der Waals surface area contributed by atoms with Gasteiger partial charge in [0.1, 0.15) is 30.1 Å². The maximum absolute atomic E-state index is 14.5. The highest BCUT2D eigenvalue weighted by Crippen LogP contribution is 2.39. The van der Waals surface area contributed by atoms with Crippen LogP contribution in [0.1, 0.15) is 151 Å². The van der Waals surface area contributed by atoms with Crippen LogP contribution in [0.25, 0.3) is 0 Å². The van der Waals surface area contributed by atoms with E-state index in [1.54, 1.807) is 34.0 Å². The molecule has 4 rings (SSSR count). The largest absolute Gasteiger partial charge is 0.460 e. The summed E-state index contributed by atoms with van der Waals surface area (Å²) in [5, 5.41) is 24.5. The molecule has 3 heterocycles. The molecule has 1 saturated carbocycles. The molecule has 0 radical (unpaired) electrons. The molecule has 0 aromatic carbocycles. The molecule has 0 spiro atoms. The van der Waals surface area contributed by atoms with Gasteiger partial charge in [0, 0.05) is 58.5 Å². The monoisotopic (exact) mass is 1000 g/mol. The van der Waals surface area contributed by atoms with E-state index in [0.717, 1.165) is 36.5 Å². The van der Waals surface area contributed by atoms with Crippen LogP contribution in [0.3, 0.4) is 0 Å². The highest BCUT2D eigenvalue weighted by Gasteiger charge is 2.53. The first-order valence-corrected chi connectivity index (χ1v) is 26.2. The van der Waals surface area contributed by atoms with Crippen LogP contribution in [0.15, 0.2) is 23.3 Å². The van der Waals surface area contributed by atoms with E-state index >= 15 is 0 Å². The van der Waals surface area contributed by atoms with Gasteiger partial charge in [-0.05, 0) is 125 Å². The van der Waals surface area contributed by atoms with Crippen molar-refractivity contribution in [2.75, 3.05) is 42.0 Å². The molecule has 3 aliphatic heterocycles. The standard InChI is InChI=1S/C54H88N2O15/c1-32-18-14-13-15-19-33(2)44(65-9)30-40-23-21-38(7)54(64,70-40)50(60)51(61)56-25-17-16-20-42(56)53(63)69-45(31-43(57)34(3)27-37(6)48(59)49(67-11)47(58)36(5)26-32)35(4)28-39-22-24-41(46(29-39)66-10)52(62)71-55(8)68-12/h19,27,32,34-36,38-42,44-46,48-49,59,64H,13-18,20-26,28-31H2,1-12H3/b33-19+,37-27+/t32-,34-,35-,36-,38-,39+,40+,41-,42+,44+,45+,46-,48-,49+,54-/m1/s1. The molecule has 17 nitrogen and oxygen atoms in total. The molecule has 404 valence electrons. The smallest absolute Gasteiger partial charge is 0.333 e. The first-order chi connectivity index (χ1) is 33.6. The number of piperidine rings is 1. The van der Waals surface area contributed by atoms with Crippen LogP contribution in [-0.4, -0.2) is 146 Å². The summed E-state index contributed by atoms with van der Waals surface area (Å²) < 4.78 is 29.8. The van der Waals surface area contributed by atoms with Crippen LogP contribution < -0.4 is 0 Å². The average molecular weight is 1010 g/mol. The number of fused-ring (bicyclic) bond motifs is 3. The summed E-state index contributed by atoms with van der Waals surface area (Å²) in [6, 6.07) is -1.17. The molecule has 17 heteroatoms. The number of carbonyl (C=O) groups is 6. The Morgan fingerprint density at radius 3 is 2.24 bits per heavy atom. The minimum absolute atomic E-state index is 0.0119. The van der Waals surface area contributed by atoms with Crippen LogP contribution in [0.4, 0.5) is 0 Å². The number of carbonyl (C=O) groups excluding carboxylic acids is 6. The van der Waals surface area contributed by atoms with Gasteiger partial charge in [-0.15, -0.1) is 0 Å². The summed E-state index contributed by atoms with van der Waals surface area (Å²) in [6.45, 7) is 12.9. The summed E-state index contributed by atoms with van der Waals surface area (Å²) >= 11 is 0. The van der Waals surface area contributed by atoms with Crippen molar-refractivity contribution in [3.8, 4) is 0 Å². The van der Waals surface area contributed by atoms with Crippen LogP contribution >= 0.6 is 0 Å². The van der Waals surface area contributed by atoms with Crippen molar-refractivity contribution in [3.05, 3.63) is 23.3 Å². The van der Waals surface area contributed by atoms with E-state index in [-0.39, 0.29) is 54.8 Å². The Bertz CT molecular complexity index is 1860. The molecule has 15 atom stereocenters. The van der Waals surface area contributed by atoms with E-state index in [2.05, 4.69) is 13.0 Å². The molecule has 71 heavy (non-hydrogen) atoms. The van der Waals surface area contributed by atoms with Crippen molar-refractivity contribution in [1.29, 1.82) is 0 Å². The van der Waals surface area contributed by atoms with Gasteiger partial charge in [-0.2, -0.15) is 0 Å². The molecular formula is C54H88N2O15. The number of aliphatic hydroxyl groups excluding tert-OH is 1. The van der Waals surface area contributed by atoms with E-state index in [1.165, 1.54) is 33.3 Å². The SMILES string of the molecule is CO[C@H]1C[C@@H]2CC[C@@H](C)[C@@](O)(O2)C(=O)C(=O)N2CCCC[C@H]2C(=O)O[C@H]([C@H](C)C[C@@H]2CC[C@@H](C(=O)ON(C)OC)[C@H](OC)C2)CC(=O)[C@H](C)/C=C(\C)[C@@H](O)[C@@H](OC)C(=O)[C@H](C)C[C@H](C)CCCC/C=C/1C. The number of methoxy groups -OCH3 is 3. The number of cyclic esters (lactones) is 1. The van der Waals surface area contributed by atoms with Gasteiger partial charge in [-0.25, -0.2) is 9.59 Å². The zero-order chi connectivity index (χ0) is 52.7. The molecule has 0 unspecified atom stereocenters. The lowest BCUT2D eigenvalue weighted by atomic mass is 9.75. The molecule has 0 aromatic heterocycles. The summed E-state index contributed by atoms with van der Waals surface area (Å²) in [5.74, 6) is -8.92. The number of nitrogens with zero attached hydrogens (tertiary/aromatic N) is 2. The Kier molecular flexibility index (Phi) is 24.0. The van der Waals surface area contributed by atoms with Crippen molar-refractivity contribution in [1.82, 2.24) is 10.1 Å². The Morgan fingerprint density at radius 2 is 1.58 bits per heavy atom. The molecule has 2 N–H and O–H groups in total. The lowest BCUT2D eigenvalue weighted by Gasteiger charge is -2.42. The van der Waals surface area contributed by atoms with Gasteiger partial charge in [-0.1, -0.05) is 59.6 Å². The summed E-state index contributed by atoms with van der Waals surface area (Å²) in [6.07, 6.45) is 7.57. The van der Waals surface area contributed by atoms with Crippen molar-refractivity contribution in [2.24, 2.45) is 41.4 Å². The molecule has 1 amide bonds. The van der Waals surface area contributed by atoms with Crippen LogP contribution in [0, 0.1) is 41.4 Å². The van der Waals surface area contributed by atoms with Gasteiger partial charge >= 0.3 is 11.9 Å². The maximum atomic E-state index is 14.5. The van der Waals surface area contributed by atoms with Crippen LogP contribution in [-0.2, 0) is 62.1 Å². The van der Waals surface area contributed by atoms with Gasteiger partial charge in [0.15, 0.2) is 5.78 Å². The van der Waals surface area contributed by atoms with Crippen LogP contribution in [0.5, 0.6) is 0 Å². The zero-order valence-corrected chi connectivity index (χ0v) is 44.9. The van der Waals surface area contributed by atoms with Crippen LogP contribution in [0.2, 0.25) is 0 Å². The van der Waals surface area contributed by atoms with Crippen molar-refractivity contribution in [2.45, 2.75) is 200 Å². The van der Waals surface area contributed by atoms with Gasteiger partial charge in [0.05, 0.1) is 38.4 Å². The molecule has 4 aliphatic rings. The van der Waals surface area contributed by atoms with Gasteiger partial charge in [-0.3, -0.25) is 24.0 Å². The van der Waals surface area contributed by atoms with E-state index in [0.29, 0.717) is 69.8 Å². The van der Waals surface area contributed by atoms with Gasteiger partial charge in [0.2, 0.25) is 5.79 Å². The Labute approximate surface area is 422 Å². The fraction of sp³-hybridized carbons (Fsp3) is 0.815. The number of aliphatic hydroxyl groups is 2. The Morgan fingerprint density at radius 1 is 0.873 bits per heavy atom. The van der Waals surface area contributed by atoms with Crippen molar-refractivity contribution >= 4 is 35.2 Å². The predicted octanol–water partition coefficient (Wildman–Crippen LogP) is 6.84. The fourth-order valence-electron chi connectivity index (χ4n) is 11.2. The number of hydroxylamine groups is 2. The number of rotatable bonds is 9. The average Bonchev–Trinajstić information content (AvgIpc) is 3.35. The lowest BCUT2D eigenvalue weighted by Crippen LogP contribution is -2.61. The molecule has 0 aromatic rings. The first-order valence-electron chi connectivity index (χ1n) is 26.2. The summed E-state index contributed by atoms with van der Waals surface area (Å²) in [5.41, 5.74) is 1.38. The van der Waals surface area contributed by atoms with E-state index < -0.39 is 89.6 Å². The number of esters is 1. The van der Waals surface area contributed by atoms with Crippen molar-refractivity contribution in [3.63, 3.8) is 0 Å². The van der Waals surface area contributed by atoms with E-state index in [9.17, 15) is 39.0 Å². The Balaban J connectivity index is 1.68. The normalized spacial score (nSPS) is 37.5. The lowest BCUT2D eigenvalue weighted by molar-refractivity contribution is -0.322. The number of amides is 1. The molecule has 2 bridgehead atoms. The Hall–Kier alpha value is -3.42. The summed E-state index contributed by atoms with van der Waals surface area (Å²) in [7, 11) is 7.40. The number of ketones is 3. The number of ether oxygens (including phenoxy) is 5. The third-order valence-electron chi connectivity index (χ3n) is 15.9. The number of Topliss-reactive ketones (excluding diaryl/α,β-unsaturated/α-hetero) is 3. The van der Waals surface area contributed by atoms with E-state index in [1.807, 2.05) is 20.8 Å². The second-order valence-corrected chi connectivity index (χ2v) is 21.3. The second-order valence-electron chi connectivity index (χ2n) is 21.3. The van der Waals surface area contributed by atoms with Gasteiger partial charge < -0.3 is 43.6 Å². The predicted molar refractivity (Wildman–Crippen MR) is 264 cm³/mol. The quantitative estimate of drug-likeness (QED) is 0.105. The maximum Gasteiger partial charge on any atom is 0.333 e. The number of allylic oxidation sites excluding steroid dienone is 2. The molecule has 1 aliphatic carbocycles. The minimum atomic E-state index is -2.43. The molecule has 2 saturated heterocycles. The minimum Gasteiger partial charge on any atom is -0.460 e. The zero-order valence-electron chi connectivity index (χ0n) is 44.9. The molecule has 3 fully saturated rings.